The van der Waals surface area contributed by atoms with Gasteiger partial charge in [-0.2, -0.15) is 0 Å². The normalized spacial score (nSPS) is 24.0. The van der Waals surface area contributed by atoms with E-state index in [0.717, 1.165) is 74.3 Å². The van der Waals surface area contributed by atoms with Crippen molar-refractivity contribution in [3.05, 3.63) is 76.7 Å². The van der Waals surface area contributed by atoms with Gasteiger partial charge in [0.25, 0.3) is 5.69 Å². The molecule has 3 atom stereocenters. The van der Waals surface area contributed by atoms with E-state index in [9.17, 15) is 10.1 Å². The van der Waals surface area contributed by atoms with E-state index in [-0.39, 0.29) is 22.7 Å². The van der Waals surface area contributed by atoms with E-state index < -0.39 is 5.54 Å². The topological polar surface area (TPSA) is 119 Å². The first-order chi connectivity index (χ1) is 18.0. The molecule has 3 N–H and O–H groups in total. The van der Waals surface area contributed by atoms with Crippen LogP contribution in [0.5, 0.6) is 5.75 Å². The lowest BCUT2D eigenvalue weighted by Crippen LogP contribution is -2.61. The maximum atomic E-state index is 11.0. The van der Waals surface area contributed by atoms with Crippen molar-refractivity contribution in [2.45, 2.75) is 56.1 Å². The minimum atomic E-state index is -0.664. The number of piperidine rings is 1. The van der Waals surface area contributed by atoms with Crippen molar-refractivity contribution in [1.82, 2.24) is 15.3 Å². The third-order valence-electron chi connectivity index (χ3n) is 7.68. The molecule has 1 aliphatic heterocycles. The lowest BCUT2D eigenvalue weighted by molar-refractivity contribution is -0.384. The Bertz CT molecular complexity index is 1240. The Morgan fingerprint density at radius 2 is 1.97 bits per heavy atom. The van der Waals surface area contributed by atoms with Crippen LogP contribution >= 0.6 is 0 Å². The third-order valence-corrected chi connectivity index (χ3v) is 7.68. The molecule has 1 aromatic heterocycles. The first-order valence-corrected chi connectivity index (χ1v) is 13.0. The molecule has 0 amide bonds. The fourth-order valence-electron chi connectivity index (χ4n) is 5.64. The molecule has 3 aromatic rings. The Labute approximate surface area is 217 Å². The summed E-state index contributed by atoms with van der Waals surface area (Å²) in [6, 6.07) is 16.9. The molecule has 9 nitrogen and oxygen atoms in total. The number of hydrogen-bond acceptors (Lipinski definition) is 8. The molecule has 2 aliphatic rings. The van der Waals surface area contributed by atoms with Crippen molar-refractivity contribution in [1.29, 1.82) is 0 Å². The smallest absolute Gasteiger partial charge is 0.269 e. The lowest BCUT2D eigenvalue weighted by Gasteiger charge is -2.44. The highest BCUT2D eigenvalue weighted by atomic mass is 16.6. The molecule has 5 rings (SSSR count). The van der Waals surface area contributed by atoms with Crippen LogP contribution in [-0.2, 0) is 5.54 Å². The van der Waals surface area contributed by atoms with Crippen LogP contribution in [0.2, 0.25) is 0 Å². The van der Waals surface area contributed by atoms with Crippen LogP contribution in [0.25, 0.3) is 11.3 Å². The van der Waals surface area contributed by atoms with Crippen molar-refractivity contribution in [2.24, 2.45) is 5.73 Å². The predicted molar refractivity (Wildman–Crippen MR) is 144 cm³/mol. The number of methoxy groups -OCH3 is 1. The molecule has 2 heterocycles. The third kappa shape index (κ3) is 5.42. The van der Waals surface area contributed by atoms with Crippen molar-refractivity contribution in [2.75, 3.05) is 25.1 Å². The monoisotopic (exact) mass is 502 g/mol. The summed E-state index contributed by atoms with van der Waals surface area (Å²) in [5.41, 5.74) is 9.41. The molecule has 0 spiro atoms. The zero-order valence-corrected chi connectivity index (χ0v) is 21.2. The summed E-state index contributed by atoms with van der Waals surface area (Å²) >= 11 is 0. The van der Waals surface area contributed by atoms with Gasteiger partial charge in [-0.1, -0.05) is 25.0 Å². The van der Waals surface area contributed by atoms with Crippen molar-refractivity contribution in [3.8, 4) is 17.0 Å². The second-order valence-corrected chi connectivity index (χ2v) is 10.1. The molecule has 1 saturated heterocycles. The minimum absolute atomic E-state index is 0.0589. The minimum Gasteiger partial charge on any atom is -0.497 e. The highest BCUT2D eigenvalue weighted by Crippen LogP contribution is 2.35. The van der Waals surface area contributed by atoms with E-state index in [1.54, 1.807) is 25.4 Å². The highest BCUT2D eigenvalue weighted by molar-refractivity contribution is 5.61. The van der Waals surface area contributed by atoms with Crippen molar-refractivity contribution < 1.29 is 9.66 Å². The molecule has 194 valence electrons. The van der Waals surface area contributed by atoms with Crippen LogP contribution in [0, 0.1) is 10.1 Å². The molecule has 0 radical (unpaired) electrons. The number of ether oxygens (including phenoxy) is 1. The molecular weight excluding hydrogens is 468 g/mol. The number of anilines is 1. The zero-order chi connectivity index (χ0) is 25.8. The molecule has 2 fully saturated rings. The van der Waals surface area contributed by atoms with E-state index in [4.69, 9.17) is 15.5 Å². The van der Waals surface area contributed by atoms with Gasteiger partial charge in [0, 0.05) is 54.8 Å². The van der Waals surface area contributed by atoms with E-state index in [0.29, 0.717) is 5.82 Å². The number of nitro benzene ring substituents is 1. The molecule has 0 bridgehead atoms. The van der Waals surface area contributed by atoms with Gasteiger partial charge in [0.05, 0.1) is 23.3 Å². The Morgan fingerprint density at radius 3 is 2.76 bits per heavy atom. The zero-order valence-electron chi connectivity index (χ0n) is 21.2. The summed E-state index contributed by atoms with van der Waals surface area (Å²) in [5.74, 6) is 1.46. The van der Waals surface area contributed by atoms with Crippen LogP contribution in [0.3, 0.4) is 0 Å². The molecule has 2 aromatic carbocycles. The summed E-state index contributed by atoms with van der Waals surface area (Å²) in [6.07, 6.45) is 7.85. The Hall–Kier alpha value is -3.56. The summed E-state index contributed by atoms with van der Waals surface area (Å²) in [4.78, 5) is 22.6. The van der Waals surface area contributed by atoms with E-state index in [2.05, 4.69) is 15.2 Å². The van der Waals surface area contributed by atoms with Gasteiger partial charge >= 0.3 is 0 Å². The number of non-ortho nitro benzene ring substituents is 1. The molecule has 1 saturated carbocycles. The maximum absolute atomic E-state index is 11.0. The summed E-state index contributed by atoms with van der Waals surface area (Å²) in [5, 5.41) is 14.9. The van der Waals surface area contributed by atoms with Crippen molar-refractivity contribution >= 4 is 11.4 Å². The van der Waals surface area contributed by atoms with Gasteiger partial charge in [-0.3, -0.25) is 10.1 Å². The quantitative estimate of drug-likeness (QED) is 0.360. The molecular formula is C28H34N6O3. The number of benzene rings is 2. The van der Waals surface area contributed by atoms with Gasteiger partial charge in [0.2, 0.25) is 0 Å². The Morgan fingerprint density at radius 1 is 1.14 bits per heavy atom. The van der Waals surface area contributed by atoms with Crippen LogP contribution in [-0.4, -0.2) is 47.2 Å². The number of nitro groups is 1. The number of rotatable bonds is 7. The van der Waals surface area contributed by atoms with Crippen molar-refractivity contribution in [3.63, 3.8) is 0 Å². The number of hydrogen-bond donors (Lipinski definition) is 2. The predicted octanol–water partition coefficient (Wildman–Crippen LogP) is 4.42. The Balaban J connectivity index is 1.34. The standard InChI is InChI=1S/C28H34N6O3/c1-37-24-8-4-6-20(18-24)25-14-16-30-27(32-25)28(29)15-3-2-9-26(28)31-21-7-5-17-33(19-21)22-10-12-23(13-11-22)34(35)36/h4,6,8,10-14,16,18,21,26,31H,2-3,5,7,9,15,17,19,29H2,1H3. The Kier molecular flexibility index (Phi) is 7.34. The van der Waals surface area contributed by atoms with Crippen LogP contribution in [0.4, 0.5) is 11.4 Å². The number of aromatic nitrogens is 2. The molecule has 3 unspecified atom stereocenters. The van der Waals surface area contributed by atoms with Gasteiger partial charge < -0.3 is 20.7 Å². The van der Waals surface area contributed by atoms with Gasteiger partial charge in [0.1, 0.15) is 11.6 Å². The second kappa shape index (κ2) is 10.8. The largest absolute Gasteiger partial charge is 0.497 e. The van der Waals surface area contributed by atoms with Crippen LogP contribution in [0.1, 0.15) is 44.3 Å². The van der Waals surface area contributed by atoms with Gasteiger partial charge in [-0.15, -0.1) is 0 Å². The second-order valence-electron chi connectivity index (χ2n) is 10.1. The van der Waals surface area contributed by atoms with Gasteiger partial charge in [-0.05, 0) is 56.0 Å². The summed E-state index contributed by atoms with van der Waals surface area (Å²) in [6.45, 7) is 1.76. The molecule has 37 heavy (non-hydrogen) atoms. The lowest BCUT2D eigenvalue weighted by atomic mass is 9.76. The molecule has 9 heteroatoms. The van der Waals surface area contributed by atoms with E-state index in [1.807, 2.05) is 42.5 Å². The van der Waals surface area contributed by atoms with Crippen LogP contribution < -0.4 is 20.7 Å². The average molecular weight is 503 g/mol. The maximum Gasteiger partial charge on any atom is 0.269 e. The van der Waals surface area contributed by atoms with Gasteiger partial charge in [-0.25, -0.2) is 9.97 Å². The first kappa shape index (κ1) is 25.1. The average Bonchev–Trinajstić information content (AvgIpc) is 2.94. The summed E-state index contributed by atoms with van der Waals surface area (Å²) in [7, 11) is 1.66. The number of nitrogens with two attached hydrogens (primary N) is 1. The summed E-state index contributed by atoms with van der Waals surface area (Å²) < 4.78 is 5.39. The number of nitrogens with zero attached hydrogens (tertiary/aromatic N) is 4. The van der Waals surface area contributed by atoms with Crippen LogP contribution in [0.15, 0.2) is 60.8 Å². The highest BCUT2D eigenvalue weighted by Gasteiger charge is 2.42. The number of nitrogens with one attached hydrogen (secondary N) is 1. The fraction of sp³-hybridized carbons (Fsp3) is 0.429. The molecule has 1 aliphatic carbocycles. The SMILES string of the molecule is COc1cccc(-c2ccnc(C3(N)CCCCC3NC3CCCN(c4ccc([N+](=O)[O-])cc4)C3)n2)c1. The van der Waals surface area contributed by atoms with E-state index in [1.165, 1.54) is 0 Å². The van der Waals surface area contributed by atoms with Gasteiger partial charge in [0.15, 0.2) is 0 Å². The fourth-order valence-corrected chi connectivity index (χ4v) is 5.64. The van der Waals surface area contributed by atoms with E-state index >= 15 is 0 Å². The first-order valence-electron chi connectivity index (χ1n) is 13.0.